The SMILES string of the molecule is NOCC(CON)(CON)COCC(CON)(CON)CON. The third-order valence-corrected chi connectivity index (χ3v) is 3.15. The smallest absolute Gasteiger partial charge is 0.0803 e. The summed E-state index contributed by atoms with van der Waals surface area (Å²) in [6.07, 6.45) is 0. The van der Waals surface area contributed by atoms with Gasteiger partial charge in [-0.05, 0) is 0 Å². The van der Waals surface area contributed by atoms with Crippen LogP contribution in [0, 0.1) is 10.8 Å². The second-order valence-electron chi connectivity index (χ2n) is 5.36. The molecule has 0 radical (unpaired) electrons. The van der Waals surface area contributed by atoms with E-state index >= 15 is 0 Å². The topological polar surface area (TPSA) is 221 Å². The lowest BCUT2D eigenvalue weighted by atomic mass is 9.90. The summed E-state index contributed by atoms with van der Waals surface area (Å²) in [6.45, 7) is 0.349. The highest BCUT2D eigenvalue weighted by Crippen LogP contribution is 2.23. The quantitative estimate of drug-likeness (QED) is 0.149. The summed E-state index contributed by atoms with van der Waals surface area (Å²) in [5.74, 6) is 30.7. The zero-order valence-corrected chi connectivity index (χ0v) is 13.0. The zero-order valence-electron chi connectivity index (χ0n) is 13.0. The Morgan fingerprint density at radius 1 is 0.391 bits per heavy atom. The van der Waals surface area contributed by atoms with E-state index in [1.54, 1.807) is 0 Å². The van der Waals surface area contributed by atoms with Gasteiger partial charge in [-0.3, -0.25) is 0 Å². The molecular weight excluding hydrogens is 316 g/mol. The van der Waals surface area contributed by atoms with Crippen molar-refractivity contribution >= 4 is 0 Å². The molecule has 0 amide bonds. The van der Waals surface area contributed by atoms with Gasteiger partial charge in [-0.25, -0.2) is 35.4 Å². The maximum atomic E-state index is 5.67. The minimum absolute atomic E-state index is 0.0303. The summed E-state index contributed by atoms with van der Waals surface area (Å²) in [5.41, 5.74) is -1.64. The highest BCUT2D eigenvalue weighted by Gasteiger charge is 2.36. The van der Waals surface area contributed by atoms with E-state index in [0.29, 0.717) is 0 Å². The van der Waals surface area contributed by atoms with Gasteiger partial charge in [0.25, 0.3) is 0 Å². The molecule has 0 atom stereocenters. The van der Waals surface area contributed by atoms with Crippen molar-refractivity contribution < 1.29 is 33.8 Å². The van der Waals surface area contributed by atoms with Crippen LogP contribution in [0.1, 0.15) is 0 Å². The van der Waals surface area contributed by atoms with E-state index in [-0.39, 0.29) is 52.9 Å². The van der Waals surface area contributed by atoms with E-state index in [1.807, 2.05) is 0 Å². The van der Waals surface area contributed by atoms with Crippen molar-refractivity contribution in [1.82, 2.24) is 0 Å². The molecule has 0 aromatic carbocycles. The van der Waals surface area contributed by atoms with Crippen molar-refractivity contribution in [3.8, 4) is 0 Å². The van der Waals surface area contributed by atoms with Crippen LogP contribution in [0.15, 0.2) is 0 Å². The summed E-state index contributed by atoms with van der Waals surface area (Å²) < 4.78 is 5.67. The lowest BCUT2D eigenvalue weighted by molar-refractivity contribution is -0.145. The normalized spacial score (nSPS) is 12.8. The van der Waals surface area contributed by atoms with Crippen molar-refractivity contribution in [2.45, 2.75) is 0 Å². The predicted molar refractivity (Wildman–Crippen MR) is 76.5 cm³/mol. The molecule has 23 heavy (non-hydrogen) atoms. The fourth-order valence-corrected chi connectivity index (χ4v) is 2.04. The summed E-state index contributed by atoms with van der Waals surface area (Å²) in [7, 11) is 0. The fraction of sp³-hybridized carbons (Fsp3) is 1.00. The van der Waals surface area contributed by atoms with E-state index in [2.05, 4.69) is 29.0 Å². The number of hydrogen-bond acceptors (Lipinski definition) is 13. The van der Waals surface area contributed by atoms with Crippen molar-refractivity contribution in [3.63, 3.8) is 0 Å². The van der Waals surface area contributed by atoms with Gasteiger partial charge >= 0.3 is 0 Å². The molecule has 0 aliphatic heterocycles. The van der Waals surface area contributed by atoms with E-state index < -0.39 is 10.8 Å². The molecule has 0 fully saturated rings. The van der Waals surface area contributed by atoms with Crippen LogP contribution in [0.25, 0.3) is 0 Å². The van der Waals surface area contributed by atoms with Crippen LogP contribution in [0.2, 0.25) is 0 Å². The van der Waals surface area contributed by atoms with Gasteiger partial charge in [0.1, 0.15) is 0 Å². The summed E-state index contributed by atoms with van der Waals surface area (Å²) >= 11 is 0. The molecule has 13 heteroatoms. The van der Waals surface area contributed by atoms with Crippen molar-refractivity contribution in [2.24, 2.45) is 46.2 Å². The van der Waals surface area contributed by atoms with Crippen LogP contribution in [0.4, 0.5) is 0 Å². The third kappa shape index (κ3) is 8.23. The maximum Gasteiger partial charge on any atom is 0.0803 e. The molecule has 0 heterocycles. The minimum atomic E-state index is -0.819. The van der Waals surface area contributed by atoms with Crippen LogP contribution in [-0.2, 0) is 33.8 Å². The molecule has 0 rings (SSSR count). The average molecular weight is 344 g/mol. The first-order valence-electron chi connectivity index (χ1n) is 6.55. The molecule has 0 aromatic heterocycles. The van der Waals surface area contributed by atoms with Gasteiger partial charge in [0, 0.05) is 0 Å². The highest BCUT2D eigenvalue weighted by molar-refractivity contribution is 4.82. The Hall–Kier alpha value is -0.520. The Morgan fingerprint density at radius 3 is 0.783 bits per heavy atom. The third-order valence-electron chi connectivity index (χ3n) is 3.15. The average Bonchev–Trinajstić information content (AvgIpc) is 2.49. The first kappa shape index (κ1) is 22.5. The number of nitrogens with two attached hydrogens (primary N) is 6. The van der Waals surface area contributed by atoms with Gasteiger partial charge in [-0.2, -0.15) is 0 Å². The Morgan fingerprint density at radius 2 is 0.609 bits per heavy atom. The monoisotopic (exact) mass is 344 g/mol. The molecule has 140 valence electrons. The maximum absolute atomic E-state index is 5.67. The number of hydrogen-bond donors (Lipinski definition) is 6. The molecule has 0 saturated heterocycles. The Bertz CT molecular complexity index is 228. The largest absolute Gasteiger partial charge is 0.380 e. The molecule has 0 aliphatic rings. The highest BCUT2D eigenvalue weighted by atomic mass is 16.7. The van der Waals surface area contributed by atoms with Crippen LogP contribution in [0.3, 0.4) is 0 Å². The van der Waals surface area contributed by atoms with Crippen LogP contribution >= 0.6 is 0 Å². The molecule has 0 aromatic rings. The Kier molecular flexibility index (Phi) is 12.6. The fourth-order valence-electron chi connectivity index (χ4n) is 2.04. The Labute approximate surface area is 134 Å². The predicted octanol–water partition coefficient (Wildman–Crippen LogP) is -3.68. The van der Waals surface area contributed by atoms with Crippen LogP contribution in [-0.4, -0.2) is 52.9 Å². The minimum Gasteiger partial charge on any atom is -0.380 e. The second-order valence-corrected chi connectivity index (χ2v) is 5.36. The second kappa shape index (κ2) is 12.8. The summed E-state index contributed by atoms with van der Waals surface area (Å²) in [5, 5.41) is 0. The first-order valence-corrected chi connectivity index (χ1v) is 6.55. The van der Waals surface area contributed by atoms with Gasteiger partial charge in [0.05, 0.1) is 63.7 Å². The molecule has 0 spiro atoms. The first-order chi connectivity index (χ1) is 11.1. The van der Waals surface area contributed by atoms with Gasteiger partial charge in [-0.15, -0.1) is 0 Å². The van der Waals surface area contributed by atoms with Crippen molar-refractivity contribution in [1.29, 1.82) is 0 Å². The van der Waals surface area contributed by atoms with Gasteiger partial charge in [-0.1, -0.05) is 0 Å². The molecule has 12 N–H and O–H groups in total. The standard InChI is InChI=1S/C10H28N6O7/c11-18-3-9(4-19-12,5-20-13)1-17-2-10(6-21-14,7-22-15)8-23-16/h1-8,11-16H2. The Balaban J connectivity index is 4.82. The molecule has 0 saturated carbocycles. The molecule has 0 unspecified atom stereocenters. The van der Waals surface area contributed by atoms with Crippen LogP contribution < -0.4 is 35.4 Å². The van der Waals surface area contributed by atoms with Gasteiger partial charge in [0.2, 0.25) is 0 Å². The molecular formula is C10H28N6O7. The molecule has 0 aliphatic carbocycles. The lowest BCUT2D eigenvalue weighted by Crippen LogP contribution is -2.47. The van der Waals surface area contributed by atoms with Gasteiger partial charge in [0.15, 0.2) is 0 Å². The van der Waals surface area contributed by atoms with E-state index in [0.717, 1.165) is 0 Å². The van der Waals surface area contributed by atoms with Crippen molar-refractivity contribution in [3.05, 3.63) is 0 Å². The molecule has 0 bridgehead atoms. The van der Waals surface area contributed by atoms with Crippen molar-refractivity contribution in [2.75, 3.05) is 52.9 Å². The van der Waals surface area contributed by atoms with E-state index in [4.69, 9.17) is 40.1 Å². The summed E-state index contributed by atoms with van der Waals surface area (Å²) in [4.78, 5) is 27.9. The van der Waals surface area contributed by atoms with E-state index in [1.165, 1.54) is 0 Å². The van der Waals surface area contributed by atoms with Crippen LogP contribution in [0.5, 0.6) is 0 Å². The van der Waals surface area contributed by atoms with E-state index in [9.17, 15) is 0 Å². The number of rotatable bonds is 16. The summed E-state index contributed by atoms with van der Waals surface area (Å²) in [6, 6.07) is 0. The number of ether oxygens (including phenoxy) is 1. The zero-order chi connectivity index (χ0) is 17.6. The van der Waals surface area contributed by atoms with Gasteiger partial charge < -0.3 is 33.8 Å². The lowest BCUT2D eigenvalue weighted by Gasteiger charge is -2.34. The molecule has 13 nitrogen and oxygen atoms in total.